The number of likely N-dealkylation sites (tertiary alicyclic amines) is 1. The van der Waals surface area contributed by atoms with Crippen molar-refractivity contribution in [3.8, 4) is 0 Å². The third-order valence-electron chi connectivity index (χ3n) is 3.93. The molecule has 0 aromatic heterocycles. The highest BCUT2D eigenvalue weighted by molar-refractivity contribution is 7.88. The van der Waals surface area contributed by atoms with Gasteiger partial charge in [0.2, 0.25) is 10.0 Å². The topological polar surface area (TPSA) is 66.5 Å². The highest BCUT2D eigenvalue weighted by Crippen LogP contribution is 2.29. The molecule has 1 aliphatic heterocycles. The highest BCUT2D eigenvalue weighted by Gasteiger charge is 2.31. The molecule has 1 amide bonds. The van der Waals surface area contributed by atoms with Gasteiger partial charge in [-0.2, -0.15) is 13.2 Å². The molecule has 0 radical (unpaired) electrons. The molecule has 1 heterocycles. The van der Waals surface area contributed by atoms with Gasteiger partial charge in [-0.05, 0) is 43.5 Å². The van der Waals surface area contributed by atoms with Crippen LogP contribution >= 0.6 is 0 Å². The molecule has 1 aliphatic rings. The molecule has 9 heteroatoms. The Balaban J connectivity index is 2.13. The van der Waals surface area contributed by atoms with Gasteiger partial charge in [0.05, 0.1) is 11.8 Å². The first-order chi connectivity index (χ1) is 11.1. The molecule has 1 aromatic rings. The second-order valence-corrected chi connectivity index (χ2v) is 7.68. The van der Waals surface area contributed by atoms with E-state index in [2.05, 4.69) is 4.72 Å². The molecule has 2 rings (SSSR count). The minimum Gasteiger partial charge on any atom is -0.334 e. The molecule has 0 saturated carbocycles. The molecule has 1 N–H and O–H groups in total. The third kappa shape index (κ3) is 4.94. The van der Waals surface area contributed by atoms with Crippen LogP contribution in [0.5, 0.6) is 0 Å². The van der Waals surface area contributed by atoms with Gasteiger partial charge >= 0.3 is 6.18 Å². The first-order valence-corrected chi connectivity index (χ1v) is 9.40. The smallest absolute Gasteiger partial charge is 0.334 e. The van der Waals surface area contributed by atoms with Crippen LogP contribution in [0.1, 0.15) is 35.2 Å². The zero-order valence-electron chi connectivity index (χ0n) is 13.1. The average molecular weight is 364 g/mol. The summed E-state index contributed by atoms with van der Waals surface area (Å²) in [4.78, 5) is 14.1. The van der Waals surface area contributed by atoms with E-state index in [9.17, 15) is 26.4 Å². The van der Waals surface area contributed by atoms with Crippen molar-refractivity contribution < 1.29 is 26.4 Å². The van der Waals surface area contributed by atoms with Crippen LogP contribution in [0, 0.1) is 0 Å². The fourth-order valence-corrected chi connectivity index (χ4v) is 3.19. The number of halogens is 3. The Morgan fingerprint density at radius 3 is 2.42 bits per heavy atom. The van der Waals surface area contributed by atoms with E-state index in [1.165, 1.54) is 4.90 Å². The van der Waals surface area contributed by atoms with E-state index < -0.39 is 21.8 Å². The van der Waals surface area contributed by atoms with Crippen LogP contribution in [0.15, 0.2) is 24.3 Å². The third-order valence-corrected chi connectivity index (χ3v) is 4.62. The average Bonchev–Trinajstić information content (AvgIpc) is 2.51. The summed E-state index contributed by atoms with van der Waals surface area (Å²) < 4.78 is 62.6. The Morgan fingerprint density at radius 2 is 1.88 bits per heavy atom. The van der Waals surface area contributed by atoms with E-state index in [0.717, 1.165) is 43.4 Å². The van der Waals surface area contributed by atoms with Crippen molar-refractivity contribution in [2.24, 2.45) is 0 Å². The van der Waals surface area contributed by atoms with E-state index >= 15 is 0 Å². The predicted octanol–water partition coefficient (Wildman–Crippen LogP) is 2.25. The quantitative estimate of drug-likeness (QED) is 0.891. The first-order valence-electron chi connectivity index (χ1n) is 7.51. The van der Waals surface area contributed by atoms with Gasteiger partial charge in [-0.3, -0.25) is 4.79 Å². The Hall–Kier alpha value is -1.61. The molecule has 1 atom stereocenters. The maximum Gasteiger partial charge on any atom is 0.416 e. The number of piperidine rings is 1. The molecule has 1 fully saturated rings. The molecule has 1 unspecified atom stereocenters. The van der Waals surface area contributed by atoms with E-state index in [1.807, 2.05) is 0 Å². The number of sulfonamides is 1. The standard InChI is InChI=1S/C15H19F3N2O3S/c1-24(22,23)19-10-13-4-2-3-9-20(13)14(21)11-5-7-12(8-6-11)15(16,17)18/h5-8,13,19H,2-4,9-10H2,1H3. The normalized spacial score (nSPS) is 19.3. The van der Waals surface area contributed by atoms with Crippen LogP contribution in [0.2, 0.25) is 0 Å². The van der Waals surface area contributed by atoms with Gasteiger partial charge in [-0.25, -0.2) is 13.1 Å². The molecular weight excluding hydrogens is 345 g/mol. The van der Waals surface area contributed by atoms with Crippen LogP contribution in [-0.2, 0) is 16.2 Å². The summed E-state index contributed by atoms with van der Waals surface area (Å²) in [5.41, 5.74) is -0.651. The molecule has 5 nitrogen and oxygen atoms in total. The van der Waals surface area contributed by atoms with Crippen molar-refractivity contribution in [1.29, 1.82) is 0 Å². The second-order valence-electron chi connectivity index (χ2n) is 5.84. The van der Waals surface area contributed by atoms with Gasteiger partial charge < -0.3 is 4.90 Å². The van der Waals surface area contributed by atoms with Crippen molar-refractivity contribution >= 4 is 15.9 Å². The lowest BCUT2D eigenvalue weighted by Crippen LogP contribution is -2.49. The summed E-state index contributed by atoms with van der Waals surface area (Å²) in [7, 11) is -3.37. The highest BCUT2D eigenvalue weighted by atomic mass is 32.2. The predicted molar refractivity (Wildman–Crippen MR) is 83.0 cm³/mol. The minimum atomic E-state index is -4.45. The molecule has 24 heavy (non-hydrogen) atoms. The number of carbonyl (C=O) groups is 1. The van der Waals surface area contributed by atoms with Crippen LogP contribution in [0.25, 0.3) is 0 Å². The largest absolute Gasteiger partial charge is 0.416 e. The van der Waals surface area contributed by atoms with E-state index in [4.69, 9.17) is 0 Å². The Bertz CT molecular complexity index is 687. The molecule has 134 valence electrons. The SMILES string of the molecule is CS(=O)(=O)NCC1CCCCN1C(=O)c1ccc(C(F)(F)F)cc1. The summed E-state index contributed by atoms with van der Waals surface area (Å²) in [6.45, 7) is 0.557. The monoisotopic (exact) mass is 364 g/mol. The number of hydrogen-bond acceptors (Lipinski definition) is 3. The number of rotatable bonds is 4. The number of nitrogens with zero attached hydrogens (tertiary/aromatic N) is 1. The summed E-state index contributed by atoms with van der Waals surface area (Å²) in [6.07, 6.45) is -1.12. The summed E-state index contributed by atoms with van der Waals surface area (Å²) in [5, 5.41) is 0. The van der Waals surface area contributed by atoms with Gasteiger partial charge in [0.25, 0.3) is 5.91 Å². The zero-order valence-corrected chi connectivity index (χ0v) is 14.0. The van der Waals surface area contributed by atoms with Crippen LogP contribution in [-0.4, -0.2) is 44.6 Å². The Kier molecular flexibility index (Phi) is 5.54. The summed E-state index contributed by atoms with van der Waals surface area (Å²) in [5.74, 6) is -0.385. The van der Waals surface area contributed by atoms with Gasteiger partial charge in [0.1, 0.15) is 0 Å². The van der Waals surface area contributed by atoms with Crippen molar-refractivity contribution in [2.45, 2.75) is 31.5 Å². The van der Waals surface area contributed by atoms with Crippen molar-refractivity contribution in [3.05, 3.63) is 35.4 Å². The molecule has 0 bridgehead atoms. The fraction of sp³-hybridized carbons (Fsp3) is 0.533. The van der Waals surface area contributed by atoms with Gasteiger partial charge in [-0.1, -0.05) is 0 Å². The van der Waals surface area contributed by atoms with Gasteiger partial charge in [0.15, 0.2) is 0 Å². The first kappa shape index (κ1) is 18.7. The lowest BCUT2D eigenvalue weighted by atomic mass is 10.0. The summed E-state index contributed by atoms with van der Waals surface area (Å²) >= 11 is 0. The van der Waals surface area contributed by atoms with Crippen LogP contribution in [0.3, 0.4) is 0 Å². The zero-order chi connectivity index (χ0) is 18.0. The fourth-order valence-electron chi connectivity index (χ4n) is 2.70. The number of alkyl halides is 3. The maximum absolute atomic E-state index is 12.6. The van der Waals surface area contributed by atoms with Crippen molar-refractivity contribution in [1.82, 2.24) is 9.62 Å². The van der Waals surface area contributed by atoms with Crippen molar-refractivity contribution in [2.75, 3.05) is 19.3 Å². The van der Waals surface area contributed by atoms with Gasteiger partial charge in [-0.15, -0.1) is 0 Å². The summed E-state index contributed by atoms with van der Waals surface area (Å²) in [6, 6.07) is 3.76. The van der Waals surface area contributed by atoms with E-state index in [1.54, 1.807) is 0 Å². The second kappa shape index (κ2) is 7.10. The minimum absolute atomic E-state index is 0.102. The van der Waals surface area contributed by atoms with Crippen LogP contribution in [0.4, 0.5) is 13.2 Å². The van der Waals surface area contributed by atoms with Gasteiger partial charge in [0, 0.05) is 24.7 Å². The molecular formula is C15H19F3N2O3S. The molecule has 1 saturated heterocycles. The number of nitrogens with one attached hydrogen (secondary N) is 1. The van der Waals surface area contributed by atoms with Crippen LogP contribution < -0.4 is 4.72 Å². The maximum atomic E-state index is 12.6. The van der Waals surface area contributed by atoms with E-state index in [-0.39, 0.29) is 24.1 Å². The number of amides is 1. The molecule has 0 aliphatic carbocycles. The molecule has 1 aromatic carbocycles. The van der Waals surface area contributed by atoms with Crippen molar-refractivity contribution in [3.63, 3.8) is 0 Å². The Morgan fingerprint density at radius 1 is 1.25 bits per heavy atom. The lowest BCUT2D eigenvalue weighted by Gasteiger charge is -2.36. The molecule has 0 spiro atoms. The lowest BCUT2D eigenvalue weighted by molar-refractivity contribution is -0.137. The number of carbonyl (C=O) groups excluding carboxylic acids is 1. The number of benzene rings is 1. The Labute approximate surface area is 138 Å². The van der Waals surface area contributed by atoms with E-state index in [0.29, 0.717) is 13.0 Å². The number of hydrogen-bond donors (Lipinski definition) is 1.